The molecular formula is C14H12N2O3. The zero-order chi connectivity index (χ0) is 13.1. The van der Waals surface area contributed by atoms with Crippen LogP contribution in [0.3, 0.4) is 0 Å². The topological polar surface area (TPSA) is 68.4 Å². The van der Waals surface area contributed by atoms with Crippen LogP contribution in [0.4, 0.5) is 0 Å². The number of fused-ring (bicyclic) bond motifs is 1. The zero-order valence-electron chi connectivity index (χ0n) is 10.1. The summed E-state index contributed by atoms with van der Waals surface area (Å²) in [5, 5.41) is 14.3. The highest BCUT2D eigenvalue weighted by molar-refractivity contribution is 5.78. The molecule has 2 heterocycles. The Morgan fingerprint density at radius 1 is 1.16 bits per heavy atom. The van der Waals surface area contributed by atoms with Crippen molar-refractivity contribution in [1.29, 1.82) is 0 Å². The molecule has 0 aliphatic heterocycles. The van der Waals surface area contributed by atoms with E-state index in [0.717, 1.165) is 16.6 Å². The van der Waals surface area contributed by atoms with Gasteiger partial charge in [0, 0.05) is 11.5 Å². The quantitative estimate of drug-likeness (QED) is 0.726. The fourth-order valence-electron chi connectivity index (χ4n) is 1.79. The summed E-state index contributed by atoms with van der Waals surface area (Å²) in [5.41, 5.74) is 1.65. The van der Waals surface area contributed by atoms with Crippen molar-refractivity contribution >= 4 is 10.9 Å². The average Bonchev–Trinajstić information content (AvgIpc) is 2.99. The third-order valence-electron chi connectivity index (χ3n) is 2.75. The molecule has 3 rings (SSSR count). The third-order valence-corrected chi connectivity index (χ3v) is 2.75. The van der Waals surface area contributed by atoms with Gasteiger partial charge in [0.15, 0.2) is 5.76 Å². The minimum absolute atomic E-state index is 0.201. The van der Waals surface area contributed by atoms with E-state index in [1.54, 1.807) is 6.07 Å². The third kappa shape index (κ3) is 2.62. The standard InChI is InChI=1S/C14H12N2O3/c17-14(13-7-8-15-19-13)18-9-11-6-5-10-3-1-2-4-12(10)16-11/h1-8,14,17H,9H2. The Morgan fingerprint density at radius 3 is 2.89 bits per heavy atom. The molecule has 0 aliphatic carbocycles. The Labute approximate surface area is 109 Å². The van der Waals surface area contributed by atoms with E-state index in [0.29, 0.717) is 0 Å². The summed E-state index contributed by atoms with van der Waals surface area (Å²) >= 11 is 0. The van der Waals surface area contributed by atoms with Crippen LogP contribution in [0.15, 0.2) is 53.2 Å². The number of aliphatic hydroxyl groups is 1. The van der Waals surface area contributed by atoms with Crippen LogP contribution in [0.5, 0.6) is 0 Å². The molecule has 19 heavy (non-hydrogen) atoms. The highest BCUT2D eigenvalue weighted by Gasteiger charge is 2.12. The molecule has 0 radical (unpaired) electrons. The molecule has 0 fully saturated rings. The molecule has 0 amide bonds. The molecule has 0 spiro atoms. The molecule has 5 nitrogen and oxygen atoms in total. The SMILES string of the molecule is OC(OCc1ccc2ccccc2n1)c1ccno1. The molecule has 2 aromatic heterocycles. The Kier molecular flexibility index (Phi) is 3.22. The summed E-state index contributed by atoms with van der Waals surface area (Å²) < 4.78 is 10.1. The van der Waals surface area contributed by atoms with Crippen LogP contribution in [-0.4, -0.2) is 15.2 Å². The lowest BCUT2D eigenvalue weighted by Crippen LogP contribution is -2.03. The van der Waals surface area contributed by atoms with Crippen molar-refractivity contribution in [2.45, 2.75) is 12.9 Å². The van der Waals surface area contributed by atoms with Gasteiger partial charge in [-0.15, -0.1) is 0 Å². The molecule has 1 atom stereocenters. The van der Waals surface area contributed by atoms with Gasteiger partial charge >= 0.3 is 0 Å². The zero-order valence-corrected chi connectivity index (χ0v) is 10.1. The number of aromatic nitrogens is 2. The largest absolute Gasteiger partial charge is 0.362 e. The van der Waals surface area contributed by atoms with Gasteiger partial charge < -0.3 is 14.4 Å². The lowest BCUT2D eigenvalue weighted by atomic mass is 10.2. The summed E-state index contributed by atoms with van der Waals surface area (Å²) in [4.78, 5) is 4.45. The van der Waals surface area contributed by atoms with E-state index in [-0.39, 0.29) is 12.4 Å². The summed E-state index contributed by atoms with van der Waals surface area (Å²) in [6.07, 6.45) is 0.326. The van der Waals surface area contributed by atoms with Gasteiger partial charge in [0.05, 0.1) is 24.0 Å². The lowest BCUT2D eigenvalue weighted by molar-refractivity contribution is -0.126. The van der Waals surface area contributed by atoms with Crippen LogP contribution in [0.1, 0.15) is 17.7 Å². The first-order valence-corrected chi connectivity index (χ1v) is 5.88. The molecule has 0 aliphatic rings. The van der Waals surface area contributed by atoms with Crippen LogP contribution in [0.2, 0.25) is 0 Å². The summed E-state index contributed by atoms with van der Waals surface area (Å²) in [6.45, 7) is 0.201. The van der Waals surface area contributed by atoms with Crippen molar-refractivity contribution in [2.24, 2.45) is 0 Å². The van der Waals surface area contributed by atoms with Gasteiger partial charge in [-0.1, -0.05) is 29.4 Å². The molecule has 1 unspecified atom stereocenters. The Hall–Kier alpha value is -2.24. The van der Waals surface area contributed by atoms with Gasteiger partial charge in [-0.25, -0.2) is 0 Å². The molecule has 1 N–H and O–H groups in total. The summed E-state index contributed by atoms with van der Waals surface area (Å²) in [6, 6.07) is 13.2. The maximum absolute atomic E-state index is 9.70. The minimum Gasteiger partial charge on any atom is -0.362 e. The van der Waals surface area contributed by atoms with Gasteiger partial charge in [-0.05, 0) is 12.1 Å². The number of benzene rings is 1. The predicted molar refractivity (Wildman–Crippen MR) is 68.0 cm³/mol. The minimum atomic E-state index is -1.13. The van der Waals surface area contributed by atoms with Gasteiger partial charge in [-0.2, -0.15) is 0 Å². The van der Waals surface area contributed by atoms with E-state index in [1.807, 2.05) is 36.4 Å². The number of ether oxygens (including phenoxy) is 1. The van der Waals surface area contributed by atoms with Crippen molar-refractivity contribution in [3.05, 3.63) is 60.1 Å². The molecule has 3 aromatic rings. The second kappa shape index (κ2) is 5.17. The van der Waals surface area contributed by atoms with Gasteiger partial charge in [-0.3, -0.25) is 4.98 Å². The second-order valence-electron chi connectivity index (χ2n) is 4.07. The van der Waals surface area contributed by atoms with Crippen molar-refractivity contribution in [3.63, 3.8) is 0 Å². The average molecular weight is 256 g/mol. The molecule has 0 bridgehead atoms. The van der Waals surface area contributed by atoms with Crippen LogP contribution in [0.25, 0.3) is 10.9 Å². The second-order valence-corrected chi connectivity index (χ2v) is 4.07. The highest BCUT2D eigenvalue weighted by Crippen LogP contribution is 2.16. The maximum Gasteiger partial charge on any atom is 0.218 e. The fourth-order valence-corrected chi connectivity index (χ4v) is 1.79. The number of hydrogen-bond acceptors (Lipinski definition) is 5. The van der Waals surface area contributed by atoms with Crippen LogP contribution < -0.4 is 0 Å². The normalized spacial score (nSPS) is 12.7. The van der Waals surface area contributed by atoms with Crippen molar-refractivity contribution in [1.82, 2.24) is 10.1 Å². The summed E-state index contributed by atoms with van der Waals surface area (Å²) in [5.74, 6) is 0.279. The van der Waals surface area contributed by atoms with Crippen LogP contribution in [0, 0.1) is 0 Å². The number of pyridine rings is 1. The summed E-state index contributed by atoms with van der Waals surface area (Å²) in [7, 11) is 0. The van der Waals surface area contributed by atoms with E-state index in [2.05, 4.69) is 10.1 Å². The highest BCUT2D eigenvalue weighted by atomic mass is 16.6. The van der Waals surface area contributed by atoms with E-state index in [9.17, 15) is 5.11 Å². The smallest absolute Gasteiger partial charge is 0.218 e. The van der Waals surface area contributed by atoms with E-state index < -0.39 is 6.29 Å². The number of hydrogen-bond donors (Lipinski definition) is 1. The molecule has 1 aromatic carbocycles. The molecule has 0 saturated carbocycles. The van der Waals surface area contributed by atoms with Crippen molar-refractivity contribution in [3.8, 4) is 0 Å². The van der Waals surface area contributed by atoms with Crippen molar-refractivity contribution in [2.75, 3.05) is 0 Å². The number of aliphatic hydroxyl groups excluding tert-OH is 1. The van der Waals surface area contributed by atoms with Crippen molar-refractivity contribution < 1.29 is 14.4 Å². The molecular weight excluding hydrogens is 244 g/mol. The van der Waals surface area contributed by atoms with E-state index >= 15 is 0 Å². The fraction of sp³-hybridized carbons (Fsp3) is 0.143. The molecule has 96 valence electrons. The Bertz CT molecular complexity index is 667. The number of rotatable bonds is 4. The first-order valence-electron chi connectivity index (χ1n) is 5.88. The van der Waals surface area contributed by atoms with E-state index in [1.165, 1.54) is 6.20 Å². The van der Waals surface area contributed by atoms with Gasteiger partial charge in [0.1, 0.15) is 0 Å². The Morgan fingerprint density at radius 2 is 2.05 bits per heavy atom. The van der Waals surface area contributed by atoms with Gasteiger partial charge in [0.25, 0.3) is 0 Å². The first-order chi connectivity index (χ1) is 9.33. The predicted octanol–water partition coefficient (Wildman–Crippen LogP) is 2.43. The Balaban J connectivity index is 1.71. The first kappa shape index (κ1) is 11.8. The molecule has 0 saturated heterocycles. The lowest BCUT2D eigenvalue weighted by Gasteiger charge is -2.08. The maximum atomic E-state index is 9.70. The number of para-hydroxylation sites is 1. The van der Waals surface area contributed by atoms with Crippen LogP contribution >= 0.6 is 0 Å². The molecule has 5 heteroatoms. The number of nitrogens with zero attached hydrogens (tertiary/aromatic N) is 2. The monoisotopic (exact) mass is 256 g/mol. The van der Waals surface area contributed by atoms with E-state index in [4.69, 9.17) is 9.26 Å². The van der Waals surface area contributed by atoms with Gasteiger partial charge in [0.2, 0.25) is 6.29 Å². The van der Waals surface area contributed by atoms with Crippen LogP contribution in [-0.2, 0) is 11.3 Å².